The summed E-state index contributed by atoms with van der Waals surface area (Å²) in [6.07, 6.45) is 1.02. The van der Waals surface area contributed by atoms with Gasteiger partial charge in [0.05, 0.1) is 17.2 Å². The molecule has 0 atom stereocenters. The van der Waals surface area contributed by atoms with Gasteiger partial charge in [-0.3, -0.25) is 9.59 Å². The second-order valence-corrected chi connectivity index (χ2v) is 5.43. The molecule has 1 aromatic carbocycles. The summed E-state index contributed by atoms with van der Waals surface area (Å²) in [7, 11) is 0. The van der Waals surface area contributed by atoms with Gasteiger partial charge < -0.3 is 20.6 Å². The number of Topliss-reactive ketones (excluding diaryl/α,β-unsaturated/α-hetero) is 1. The van der Waals surface area contributed by atoms with Gasteiger partial charge in [0.15, 0.2) is 11.4 Å². The van der Waals surface area contributed by atoms with E-state index in [9.17, 15) is 24.2 Å². The van der Waals surface area contributed by atoms with Crippen molar-refractivity contribution in [2.75, 3.05) is 6.61 Å². The molecule has 2 rings (SSSR count). The summed E-state index contributed by atoms with van der Waals surface area (Å²) in [6.45, 7) is -1.57. The number of halogens is 2. The number of aromatic hydroxyl groups is 1. The average molecular weight is 369 g/mol. The Balaban J connectivity index is 2.22. The van der Waals surface area contributed by atoms with E-state index in [0.29, 0.717) is 5.56 Å². The average Bonchev–Trinajstić information content (AvgIpc) is 2.61. The molecule has 2 aromatic rings. The van der Waals surface area contributed by atoms with E-state index in [2.05, 4.69) is 10.3 Å². The minimum Gasteiger partial charge on any atom is -0.505 e. The van der Waals surface area contributed by atoms with Crippen molar-refractivity contribution in [2.45, 2.75) is 13.2 Å². The van der Waals surface area contributed by atoms with Crippen molar-refractivity contribution < 1.29 is 29.3 Å². The van der Waals surface area contributed by atoms with Crippen LogP contribution >= 0.6 is 11.6 Å². The Morgan fingerprint density at radius 3 is 2.60 bits per heavy atom. The van der Waals surface area contributed by atoms with Crippen LogP contribution in [0.4, 0.5) is 4.39 Å². The van der Waals surface area contributed by atoms with Gasteiger partial charge in [-0.05, 0) is 17.7 Å². The van der Waals surface area contributed by atoms with Crippen LogP contribution in [0.5, 0.6) is 5.75 Å². The van der Waals surface area contributed by atoms with Crippen LogP contribution in [0.25, 0.3) is 0 Å². The monoisotopic (exact) mass is 368 g/mol. The number of carbonyl (C=O) groups excluding carboxylic acids is 2. The zero-order chi connectivity index (χ0) is 18.6. The van der Waals surface area contributed by atoms with E-state index < -0.39 is 42.2 Å². The number of aliphatic hydroxyl groups excluding tert-OH is 2. The molecule has 0 radical (unpaired) electrons. The predicted octanol–water partition coefficient (Wildman–Crippen LogP) is 1.18. The predicted molar refractivity (Wildman–Crippen MR) is 85.8 cm³/mol. The number of nitrogens with zero attached hydrogens (tertiary/aromatic N) is 1. The number of aromatic nitrogens is 1. The normalized spacial score (nSPS) is 10.6. The van der Waals surface area contributed by atoms with Crippen LogP contribution < -0.4 is 5.32 Å². The molecule has 0 aliphatic heterocycles. The third-order valence-electron chi connectivity index (χ3n) is 3.41. The highest BCUT2D eigenvalue weighted by molar-refractivity contribution is 6.30. The summed E-state index contributed by atoms with van der Waals surface area (Å²) >= 11 is 5.66. The minimum absolute atomic E-state index is 0.0157. The Hall–Kier alpha value is -2.55. The first-order valence-electron chi connectivity index (χ1n) is 7.07. The van der Waals surface area contributed by atoms with Crippen molar-refractivity contribution >= 4 is 23.3 Å². The Morgan fingerprint density at radius 1 is 1.28 bits per heavy atom. The number of rotatable bonds is 6. The molecule has 132 valence electrons. The lowest BCUT2D eigenvalue weighted by atomic mass is 10.1. The molecule has 0 spiro atoms. The van der Waals surface area contributed by atoms with Gasteiger partial charge in [-0.1, -0.05) is 17.7 Å². The maximum atomic E-state index is 13.1. The van der Waals surface area contributed by atoms with Gasteiger partial charge in [0.1, 0.15) is 12.4 Å². The van der Waals surface area contributed by atoms with Gasteiger partial charge in [0, 0.05) is 18.3 Å². The lowest BCUT2D eigenvalue weighted by Gasteiger charge is -2.12. The van der Waals surface area contributed by atoms with Gasteiger partial charge in [-0.15, -0.1) is 0 Å². The lowest BCUT2D eigenvalue weighted by molar-refractivity contribution is 0.0891. The molecule has 0 aliphatic rings. The summed E-state index contributed by atoms with van der Waals surface area (Å²) in [6, 6.07) is 3.95. The number of aliphatic hydroxyl groups is 2. The fourth-order valence-electron chi connectivity index (χ4n) is 2.10. The van der Waals surface area contributed by atoms with Crippen molar-refractivity contribution in [2.24, 2.45) is 0 Å². The van der Waals surface area contributed by atoms with Crippen molar-refractivity contribution in [3.05, 3.63) is 57.6 Å². The number of benzene rings is 1. The summed E-state index contributed by atoms with van der Waals surface area (Å²) < 4.78 is 13.1. The van der Waals surface area contributed by atoms with Crippen LogP contribution in [0.1, 0.15) is 32.0 Å². The molecular weight excluding hydrogens is 355 g/mol. The topological polar surface area (TPSA) is 120 Å². The maximum Gasteiger partial charge on any atom is 0.253 e. The highest BCUT2D eigenvalue weighted by Gasteiger charge is 2.21. The van der Waals surface area contributed by atoms with E-state index >= 15 is 0 Å². The van der Waals surface area contributed by atoms with Crippen LogP contribution in [-0.4, -0.2) is 38.6 Å². The molecule has 7 nitrogen and oxygen atoms in total. The van der Waals surface area contributed by atoms with E-state index in [0.717, 1.165) is 12.3 Å². The molecule has 0 saturated carbocycles. The molecule has 0 aliphatic carbocycles. The molecule has 1 aromatic heterocycles. The number of carbonyl (C=O) groups is 2. The largest absolute Gasteiger partial charge is 0.505 e. The zero-order valence-corrected chi connectivity index (χ0v) is 13.5. The summed E-state index contributed by atoms with van der Waals surface area (Å²) in [5.74, 6) is -2.77. The van der Waals surface area contributed by atoms with Crippen molar-refractivity contribution in [3.63, 3.8) is 0 Å². The third-order valence-corrected chi connectivity index (χ3v) is 3.70. The molecule has 9 heteroatoms. The first-order chi connectivity index (χ1) is 11.9. The summed E-state index contributed by atoms with van der Waals surface area (Å²) in [5, 5.41) is 30.6. The zero-order valence-electron chi connectivity index (χ0n) is 12.8. The number of nitrogens with one attached hydrogen (secondary N) is 1. The quantitative estimate of drug-likeness (QED) is 0.568. The van der Waals surface area contributed by atoms with Gasteiger partial charge >= 0.3 is 0 Å². The number of ketones is 1. The number of hydrogen-bond acceptors (Lipinski definition) is 6. The van der Waals surface area contributed by atoms with Crippen LogP contribution in [0.15, 0.2) is 24.4 Å². The van der Waals surface area contributed by atoms with E-state index in [4.69, 9.17) is 16.7 Å². The van der Waals surface area contributed by atoms with Crippen LogP contribution in [0.2, 0.25) is 5.02 Å². The highest BCUT2D eigenvalue weighted by Crippen LogP contribution is 2.25. The first-order valence-corrected chi connectivity index (χ1v) is 7.44. The molecule has 1 heterocycles. The van der Waals surface area contributed by atoms with E-state index in [1.165, 1.54) is 12.1 Å². The Morgan fingerprint density at radius 2 is 2.00 bits per heavy atom. The van der Waals surface area contributed by atoms with Gasteiger partial charge in [0.2, 0.25) is 5.78 Å². The molecule has 1 amide bonds. The number of pyridine rings is 1. The second kappa shape index (κ2) is 8.02. The molecule has 0 bridgehead atoms. The van der Waals surface area contributed by atoms with Crippen molar-refractivity contribution in [1.82, 2.24) is 10.3 Å². The van der Waals surface area contributed by atoms with Crippen molar-refractivity contribution in [1.29, 1.82) is 0 Å². The van der Waals surface area contributed by atoms with Crippen LogP contribution in [0, 0.1) is 5.82 Å². The standard InChI is InChI=1S/C16H14ClFN2O5/c17-11-3-8(1-2-12(11)18)4-20-16(25)9-5-19-14(13(23)7-22)15(24)10(9)6-21/h1-3,5,21-22,24H,4,6-7H2,(H,20,25). The summed E-state index contributed by atoms with van der Waals surface area (Å²) in [5.41, 5.74) is -0.230. The minimum atomic E-state index is -0.873. The molecule has 0 fully saturated rings. The SMILES string of the molecule is O=C(NCc1ccc(F)c(Cl)c1)c1cnc(C(=O)CO)c(O)c1CO. The maximum absolute atomic E-state index is 13.1. The van der Waals surface area contributed by atoms with Gasteiger partial charge in [-0.2, -0.15) is 0 Å². The highest BCUT2D eigenvalue weighted by atomic mass is 35.5. The smallest absolute Gasteiger partial charge is 0.253 e. The lowest BCUT2D eigenvalue weighted by Crippen LogP contribution is -2.25. The van der Waals surface area contributed by atoms with E-state index in [-0.39, 0.29) is 22.7 Å². The Bertz CT molecular complexity index is 828. The second-order valence-electron chi connectivity index (χ2n) is 5.02. The number of hydrogen-bond donors (Lipinski definition) is 4. The fraction of sp³-hybridized carbons (Fsp3) is 0.188. The van der Waals surface area contributed by atoms with Crippen molar-refractivity contribution in [3.8, 4) is 5.75 Å². The third kappa shape index (κ3) is 4.11. The van der Waals surface area contributed by atoms with Gasteiger partial charge in [0.25, 0.3) is 5.91 Å². The van der Waals surface area contributed by atoms with Crippen LogP contribution in [-0.2, 0) is 13.2 Å². The molecule has 4 N–H and O–H groups in total. The molecule has 0 saturated heterocycles. The first kappa shape index (κ1) is 18.8. The molecule has 25 heavy (non-hydrogen) atoms. The van der Waals surface area contributed by atoms with E-state index in [1.54, 1.807) is 0 Å². The van der Waals surface area contributed by atoms with E-state index in [1.807, 2.05) is 0 Å². The fourth-order valence-corrected chi connectivity index (χ4v) is 2.30. The molecular formula is C16H14ClFN2O5. The molecule has 0 unspecified atom stereocenters. The Labute approximate surface area is 146 Å². The Kier molecular flexibility index (Phi) is 6.02. The van der Waals surface area contributed by atoms with Crippen LogP contribution in [0.3, 0.4) is 0 Å². The van der Waals surface area contributed by atoms with Gasteiger partial charge in [-0.25, -0.2) is 9.37 Å². The summed E-state index contributed by atoms with van der Waals surface area (Å²) in [4.78, 5) is 27.4. The number of amides is 1.